The third-order valence-corrected chi connectivity index (χ3v) is 3.17. The summed E-state index contributed by atoms with van der Waals surface area (Å²) in [6, 6.07) is 3.77. The van der Waals surface area contributed by atoms with E-state index < -0.39 is 0 Å². The summed E-state index contributed by atoms with van der Waals surface area (Å²) < 4.78 is 12.2. The average molecular weight is 276 g/mol. The maximum atomic E-state index is 12.0. The van der Waals surface area contributed by atoms with Gasteiger partial charge in [0.15, 0.2) is 0 Å². The second kappa shape index (κ2) is 7.05. The second-order valence-corrected chi connectivity index (χ2v) is 4.54. The number of hydrogen-bond acceptors (Lipinski definition) is 4. The van der Waals surface area contributed by atoms with Crippen molar-refractivity contribution in [2.24, 2.45) is 0 Å². The number of pyridine rings is 1. The van der Waals surface area contributed by atoms with Crippen LogP contribution in [0.3, 0.4) is 0 Å². The molecule has 0 aromatic carbocycles. The van der Waals surface area contributed by atoms with Crippen molar-refractivity contribution in [3.05, 3.63) is 30.2 Å². The van der Waals surface area contributed by atoms with E-state index in [4.69, 9.17) is 9.47 Å². The molecule has 0 unspecified atom stereocenters. The Balaban J connectivity index is 2.27. The predicted molar refractivity (Wildman–Crippen MR) is 76.8 cm³/mol. The standard InChI is InChI=1S/C15H20N2O3/c1-3-20-15(18)13-10-12-6-7-16-11-14(12)17(13)8-4-5-9-19-2/h6-7,10-11H,3-5,8-9H2,1-2H3. The van der Waals surface area contributed by atoms with Crippen LogP contribution in [0.5, 0.6) is 0 Å². The Labute approximate surface area is 118 Å². The third-order valence-electron chi connectivity index (χ3n) is 3.17. The zero-order valence-corrected chi connectivity index (χ0v) is 12.0. The Morgan fingerprint density at radius 3 is 3.00 bits per heavy atom. The number of hydrogen-bond donors (Lipinski definition) is 0. The topological polar surface area (TPSA) is 53.3 Å². The van der Waals surface area contributed by atoms with Crippen LogP contribution < -0.4 is 0 Å². The van der Waals surface area contributed by atoms with E-state index in [1.807, 2.05) is 23.6 Å². The molecule has 0 bridgehead atoms. The van der Waals surface area contributed by atoms with Crippen molar-refractivity contribution in [3.63, 3.8) is 0 Å². The number of aryl methyl sites for hydroxylation is 1. The molecule has 2 aromatic heterocycles. The van der Waals surface area contributed by atoms with Crippen molar-refractivity contribution >= 4 is 16.9 Å². The number of ether oxygens (including phenoxy) is 2. The molecule has 5 heteroatoms. The maximum Gasteiger partial charge on any atom is 0.354 e. The van der Waals surface area contributed by atoms with Gasteiger partial charge < -0.3 is 14.0 Å². The van der Waals surface area contributed by atoms with Crippen LogP contribution in [-0.4, -0.2) is 35.8 Å². The zero-order valence-electron chi connectivity index (χ0n) is 12.0. The monoisotopic (exact) mass is 276 g/mol. The van der Waals surface area contributed by atoms with Crippen LogP contribution in [0.2, 0.25) is 0 Å². The molecule has 2 aromatic rings. The number of rotatable bonds is 7. The van der Waals surface area contributed by atoms with Crippen LogP contribution in [0.4, 0.5) is 0 Å². The van der Waals surface area contributed by atoms with Gasteiger partial charge in [-0.05, 0) is 31.9 Å². The Morgan fingerprint density at radius 1 is 1.40 bits per heavy atom. The van der Waals surface area contributed by atoms with Crippen LogP contribution in [0.15, 0.2) is 24.5 Å². The molecule has 0 saturated heterocycles. The molecule has 0 aliphatic heterocycles. The van der Waals surface area contributed by atoms with Crippen LogP contribution in [0, 0.1) is 0 Å². The summed E-state index contributed by atoms with van der Waals surface area (Å²) in [5.41, 5.74) is 1.56. The Hall–Kier alpha value is -1.88. The highest BCUT2D eigenvalue weighted by Crippen LogP contribution is 2.20. The fraction of sp³-hybridized carbons (Fsp3) is 0.467. The number of nitrogens with zero attached hydrogens (tertiary/aromatic N) is 2. The van der Waals surface area contributed by atoms with Gasteiger partial charge in [-0.3, -0.25) is 4.98 Å². The normalized spacial score (nSPS) is 10.9. The fourth-order valence-corrected chi connectivity index (χ4v) is 2.23. The first-order valence-electron chi connectivity index (χ1n) is 6.87. The van der Waals surface area contributed by atoms with E-state index in [0.29, 0.717) is 12.3 Å². The summed E-state index contributed by atoms with van der Waals surface area (Å²) in [6.45, 7) is 3.67. The number of aromatic nitrogens is 2. The molecule has 0 spiro atoms. The van der Waals surface area contributed by atoms with Gasteiger partial charge in [-0.1, -0.05) is 0 Å². The summed E-state index contributed by atoms with van der Waals surface area (Å²) in [7, 11) is 1.69. The number of unbranched alkanes of at least 4 members (excludes halogenated alkanes) is 1. The molecule has 5 nitrogen and oxygen atoms in total. The molecule has 0 aliphatic rings. The number of carbonyl (C=O) groups is 1. The number of carbonyl (C=O) groups excluding carboxylic acids is 1. The van der Waals surface area contributed by atoms with Crippen LogP contribution >= 0.6 is 0 Å². The lowest BCUT2D eigenvalue weighted by molar-refractivity contribution is 0.0514. The molecule has 0 N–H and O–H groups in total. The van der Waals surface area contributed by atoms with E-state index in [1.165, 1.54) is 0 Å². The summed E-state index contributed by atoms with van der Waals surface area (Å²) in [5, 5.41) is 1.01. The average Bonchev–Trinajstić information content (AvgIpc) is 2.83. The van der Waals surface area contributed by atoms with Gasteiger partial charge in [0.05, 0.1) is 18.3 Å². The van der Waals surface area contributed by atoms with E-state index in [9.17, 15) is 4.79 Å². The highest BCUT2D eigenvalue weighted by molar-refractivity contribution is 5.95. The molecule has 20 heavy (non-hydrogen) atoms. The molecule has 0 amide bonds. The molecule has 108 valence electrons. The van der Waals surface area contributed by atoms with E-state index in [-0.39, 0.29) is 5.97 Å². The zero-order chi connectivity index (χ0) is 14.4. The molecule has 0 saturated carbocycles. The fourth-order valence-electron chi connectivity index (χ4n) is 2.23. The Bertz CT molecular complexity index is 578. The van der Waals surface area contributed by atoms with Crippen molar-refractivity contribution in [1.82, 2.24) is 9.55 Å². The first-order valence-corrected chi connectivity index (χ1v) is 6.87. The number of methoxy groups -OCH3 is 1. The van der Waals surface area contributed by atoms with Gasteiger partial charge in [0.25, 0.3) is 0 Å². The largest absolute Gasteiger partial charge is 0.461 e. The Kier molecular flexibility index (Phi) is 5.12. The van der Waals surface area contributed by atoms with Gasteiger partial charge in [0, 0.05) is 31.8 Å². The second-order valence-electron chi connectivity index (χ2n) is 4.54. The lowest BCUT2D eigenvalue weighted by Gasteiger charge is -2.09. The van der Waals surface area contributed by atoms with Crippen LogP contribution in [-0.2, 0) is 16.0 Å². The van der Waals surface area contributed by atoms with Crippen molar-refractivity contribution < 1.29 is 14.3 Å². The van der Waals surface area contributed by atoms with Crippen LogP contribution in [0.1, 0.15) is 30.3 Å². The lowest BCUT2D eigenvalue weighted by atomic mass is 10.3. The van der Waals surface area contributed by atoms with Gasteiger partial charge in [0.2, 0.25) is 0 Å². The van der Waals surface area contributed by atoms with Gasteiger partial charge in [-0.25, -0.2) is 4.79 Å². The smallest absolute Gasteiger partial charge is 0.354 e. The van der Waals surface area contributed by atoms with E-state index in [1.54, 1.807) is 19.5 Å². The molecular weight excluding hydrogens is 256 g/mol. The quantitative estimate of drug-likeness (QED) is 0.576. The highest BCUT2D eigenvalue weighted by atomic mass is 16.5. The van der Waals surface area contributed by atoms with Gasteiger partial charge in [-0.15, -0.1) is 0 Å². The lowest BCUT2D eigenvalue weighted by Crippen LogP contribution is -2.12. The molecule has 0 fully saturated rings. The number of esters is 1. The minimum atomic E-state index is -0.282. The predicted octanol–water partition coefficient (Wildman–Crippen LogP) is 2.64. The molecule has 0 atom stereocenters. The maximum absolute atomic E-state index is 12.0. The SMILES string of the molecule is CCOC(=O)c1cc2ccncc2n1CCCCOC. The van der Waals surface area contributed by atoms with Gasteiger partial charge in [0.1, 0.15) is 5.69 Å². The summed E-state index contributed by atoms with van der Waals surface area (Å²) >= 11 is 0. The van der Waals surface area contributed by atoms with E-state index >= 15 is 0 Å². The van der Waals surface area contributed by atoms with E-state index in [0.717, 1.165) is 36.9 Å². The van der Waals surface area contributed by atoms with Crippen LogP contribution in [0.25, 0.3) is 10.9 Å². The van der Waals surface area contributed by atoms with E-state index in [2.05, 4.69) is 4.98 Å². The first-order chi connectivity index (χ1) is 9.77. The molecule has 0 aliphatic carbocycles. The Morgan fingerprint density at radius 2 is 2.25 bits per heavy atom. The van der Waals surface area contributed by atoms with Crippen molar-refractivity contribution in [1.29, 1.82) is 0 Å². The highest BCUT2D eigenvalue weighted by Gasteiger charge is 2.16. The first kappa shape index (κ1) is 14.5. The summed E-state index contributed by atoms with van der Waals surface area (Å²) in [4.78, 5) is 16.2. The summed E-state index contributed by atoms with van der Waals surface area (Å²) in [6.07, 6.45) is 5.42. The number of fused-ring (bicyclic) bond motifs is 1. The molecule has 2 heterocycles. The minimum Gasteiger partial charge on any atom is -0.461 e. The van der Waals surface area contributed by atoms with Crippen molar-refractivity contribution in [3.8, 4) is 0 Å². The molecule has 2 rings (SSSR count). The van der Waals surface area contributed by atoms with Crippen molar-refractivity contribution in [2.75, 3.05) is 20.3 Å². The van der Waals surface area contributed by atoms with Crippen molar-refractivity contribution in [2.45, 2.75) is 26.3 Å². The molecule has 0 radical (unpaired) electrons. The molecular formula is C15H20N2O3. The summed E-state index contributed by atoms with van der Waals surface area (Å²) in [5.74, 6) is -0.282. The third kappa shape index (κ3) is 3.17. The minimum absolute atomic E-state index is 0.282. The van der Waals surface area contributed by atoms with Gasteiger partial charge >= 0.3 is 5.97 Å². The van der Waals surface area contributed by atoms with Gasteiger partial charge in [-0.2, -0.15) is 0 Å².